The van der Waals surface area contributed by atoms with Gasteiger partial charge in [-0.1, -0.05) is 30.3 Å². The molecule has 2 atom stereocenters. The van der Waals surface area contributed by atoms with Gasteiger partial charge in [0.1, 0.15) is 6.04 Å². The van der Waals surface area contributed by atoms with Crippen molar-refractivity contribution in [2.45, 2.75) is 25.9 Å². The van der Waals surface area contributed by atoms with Gasteiger partial charge in [0.05, 0.1) is 12.6 Å². The standard InChI is InChI=1S/C13H18N2O3/c1-9(14-10(2)17)13(18)15-12(8-16)11-6-4-3-5-7-11/h3-7,9,12,16H,8H2,1-2H3,(H,14,17)(H,15,18). The minimum atomic E-state index is -0.625. The number of hydrogen-bond donors (Lipinski definition) is 3. The van der Waals surface area contributed by atoms with E-state index in [9.17, 15) is 14.7 Å². The number of benzene rings is 1. The maximum atomic E-state index is 11.8. The molecule has 98 valence electrons. The van der Waals surface area contributed by atoms with E-state index in [4.69, 9.17) is 0 Å². The smallest absolute Gasteiger partial charge is 0.242 e. The molecule has 0 saturated carbocycles. The van der Waals surface area contributed by atoms with E-state index in [1.165, 1.54) is 6.92 Å². The van der Waals surface area contributed by atoms with Crippen molar-refractivity contribution in [1.29, 1.82) is 0 Å². The van der Waals surface area contributed by atoms with Crippen molar-refractivity contribution in [3.63, 3.8) is 0 Å². The van der Waals surface area contributed by atoms with Gasteiger partial charge in [0.25, 0.3) is 0 Å². The average Bonchev–Trinajstić information content (AvgIpc) is 2.35. The number of rotatable bonds is 5. The molecule has 0 aliphatic heterocycles. The molecule has 0 saturated heterocycles. The van der Waals surface area contributed by atoms with Gasteiger partial charge >= 0.3 is 0 Å². The van der Waals surface area contributed by atoms with Crippen LogP contribution in [0.3, 0.4) is 0 Å². The lowest BCUT2D eigenvalue weighted by Crippen LogP contribution is -2.45. The normalized spacial score (nSPS) is 13.5. The second kappa shape index (κ2) is 6.76. The van der Waals surface area contributed by atoms with Gasteiger partial charge < -0.3 is 15.7 Å². The molecule has 2 unspecified atom stereocenters. The van der Waals surface area contributed by atoms with E-state index >= 15 is 0 Å². The molecule has 0 heterocycles. The van der Waals surface area contributed by atoms with Gasteiger partial charge in [0.2, 0.25) is 11.8 Å². The number of carbonyl (C=O) groups is 2. The van der Waals surface area contributed by atoms with E-state index in [1.807, 2.05) is 30.3 Å². The van der Waals surface area contributed by atoms with Crippen LogP contribution in [0.1, 0.15) is 25.5 Å². The summed E-state index contributed by atoms with van der Waals surface area (Å²) in [5, 5.41) is 14.5. The molecule has 1 aromatic carbocycles. The summed E-state index contributed by atoms with van der Waals surface area (Å²) in [6.45, 7) is 2.75. The predicted octanol–water partition coefficient (Wildman–Crippen LogP) is 0.361. The van der Waals surface area contributed by atoms with E-state index < -0.39 is 12.1 Å². The van der Waals surface area contributed by atoms with Crippen LogP contribution in [-0.4, -0.2) is 29.6 Å². The highest BCUT2D eigenvalue weighted by Gasteiger charge is 2.18. The Labute approximate surface area is 106 Å². The SMILES string of the molecule is CC(=O)NC(C)C(=O)NC(CO)c1ccccc1. The maximum absolute atomic E-state index is 11.8. The minimum absolute atomic E-state index is 0.192. The first kappa shape index (κ1) is 14.2. The molecule has 0 fully saturated rings. The summed E-state index contributed by atoms with van der Waals surface area (Å²) in [6.07, 6.45) is 0. The number of hydrogen-bond acceptors (Lipinski definition) is 3. The monoisotopic (exact) mass is 250 g/mol. The number of aliphatic hydroxyl groups is 1. The molecule has 1 aromatic rings. The Balaban J connectivity index is 2.64. The van der Waals surface area contributed by atoms with Crippen LogP contribution in [0.15, 0.2) is 30.3 Å². The van der Waals surface area contributed by atoms with Crippen LogP contribution in [0.5, 0.6) is 0 Å². The van der Waals surface area contributed by atoms with Gasteiger partial charge in [0.15, 0.2) is 0 Å². The highest BCUT2D eigenvalue weighted by molar-refractivity contribution is 5.86. The second-order valence-corrected chi connectivity index (χ2v) is 4.08. The first-order chi connectivity index (χ1) is 8.54. The lowest BCUT2D eigenvalue weighted by Gasteiger charge is -2.19. The highest BCUT2D eigenvalue weighted by atomic mass is 16.3. The molecule has 0 bridgehead atoms. The fourth-order valence-corrected chi connectivity index (χ4v) is 1.59. The minimum Gasteiger partial charge on any atom is -0.394 e. The third kappa shape index (κ3) is 4.18. The van der Waals surface area contributed by atoms with Crippen LogP contribution in [0.4, 0.5) is 0 Å². The van der Waals surface area contributed by atoms with Gasteiger partial charge in [-0.05, 0) is 12.5 Å². The van der Waals surface area contributed by atoms with Gasteiger partial charge in [-0.15, -0.1) is 0 Å². The zero-order valence-electron chi connectivity index (χ0n) is 10.5. The molecule has 0 spiro atoms. The number of nitrogens with one attached hydrogen (secondary N) is 2. The molecule has 3 N–H and O–H groups in total. The van der Waals surface area contributed by atoms with E-state index in [0.717, 1.165) is 5.56 Å². The van der Waals surface area contributed by atoms with Gasteiger partial charge in [-0.3, -0.25) is 9.59 Å². The van der Waals surface area contributed by atoms with Crippen LogP contribution in [0, 0.1) is 0 Å². The van der Waals surface area contributed by atoms with Crippen LogP contribution < -0.4 is 10.6 Å². The second-order valence-electron chi connectivity index (χ2n) is 4.08. The first-order valence-electron chi connectivity index (χ1n) is 5.78. The van der Waals surface area contributed by atoms with Crippen molar-refractivity contribution >= 4 is 11.8 Å². The Hall–Kier alpha value is -1.88. The highest BCUT2D eigenvalue weighted by Crippen LogP contribution is 2.11. The molecule has 0 aliphatic carbocycles. The van der Waals surface area contributed by atoms with Crippen molar-refractivity contribution < 1.29 is 14.7 Å². The first-order valence-corrected chi connectivity index (χ1v) is 5.78. The summed E-state index contributed by atoms with van der Waals surface area (Å²) in [6, 6.07) is 8.09. The van der Waals surface area contributed by atoms with Crippen molar-refractivity contribution in [2.75, 3.05) is 6.61 Å². The molecular formula is C13H18N2O3. The van der Waals surface area contributed by atoms with E-state index in [1.54, 1.807) is 6.92 Å². The number of amides is 2. The lowest BCUT2D eigenvalue weighted by atomic mass is 10.1. The Morgan fingerprint density at radius 1 is 1.22 bits per heavy atom. The molecule has 0 aromatic heterocycles. The van der Waals surface area contributed by atoms with Crippen molar-refractivity contribution in [2.24, 2.45) is 0 Å². The molecule has 5 nitrogen and oxygen atoms in total. The molecular weight excluding hydrogens is 232 g/mol. The van der Waals surface area contributed by atoms with Crippen LogP contribution >= 0.6 is 0 Å². The van der Waals surface area contributed by atoms with Crippen molar-refractivity contribution in [3.8, 4) is 0 Å². The lowest BCUT2D eigenvalue weighted by molar-refractivity contribution is -0.128. The van der Waals surface area contributed by atoms with Crippen molar-refractivity contribution in [1.82, 2.24) is 10.6 Å². The van der Waals surface area contributed by atoms with E-state index in [2.05, 4.69) is 10.6 Å². The summed E-state index contributed by atoms with van der Waals surface area (Å²) in [4.78, 5) is 22.6. The number of aliphatic hydroxyl groups excluding tert-OH is 1. The zero-order chi connectivity index (χ0) is 13.5. The Kier molecular flexibility index (Phi) is 5.32. The van der Waals surface area contributed by atoms with Gasteiger partial charge in [0, 0.05) is 6.92 Å². The zero-order valence-corrected chi connectivity index (χ0v) is 10.5. The summed E-state index contributed by atoms with van der Waals surface area (Å²) in [5.74, 6) is -0.592. The molecule has 18 heavy (non-hydrogen) atoms. The molecule has 0 radical (unpaired) electrons. The molecule has 5 heteroatoms. The fourth-order valence-electron chi connectivity index (χ4n) is 1.59. The predicted molar refractivity (Wildman–Crippen MR) is 67.7 cm³/mol. The summed E-state index contributed by atoms with van der Waals surface area (Å²) in [7, 11) is 0. The van der Waals surface area contributed by atoms with E-state index in [-0.39, 0.29) is 18.4 Å². The van der Waals surface area contributed by atoms with Gasteiger partial charge in [-0.25, -0.2) is 0 Å². The fraction of sp³-hybridized carbons (Fsp3) is 0.385. The Morgan fingerprint density at radius 2 is 1.83 bits per heavy atom. The number of carbonyl (C=O) groups excluding carboxylic acids is 2. The molecule has 1 rings (SSSR count). The quantitative estimate of drug-likeness (QED) is 0.706. The van der Waals surface area contributed by atoms with Gasteiger partial charge in [-0.2, -0.15) is 0 Å². The van der Waals surface area contributed by atoms with Crippen LogP contribution in [-0.2, 0) is 9.59 Å². The average molecular weight is 250 g/mol. The topological polar surface area (TPSA) is 78.4 Å². The van der Waals surface area contributed by atoms with E-state index in [0.29, 0.717) is 0 Å². The third-order valence-corrected chi connectivity index (χ3v) is 2.51. The van der Waals surface area contributed by atoms with Crippen LogP contribution in [0.2, 0.25) is 0 Å². The Morgan fingerprint density at radius 3 is 2.33 bits per heavy atom. The third-order valence-electron chi connectivity index (χ3n) is 2.51. The molecule has 2 amide bonds. The maximum Gasteiger partial charge on any atom is 0.242 e. The Bertz CT molecular complexity index is 406. The van der Waals surface area contributed by atoms with Crippen LogP contribution in [0.25, 0.3) is 0 Å². The summed E-state index contributed by atoms with van der Waals surface area (Å²) >= 11 is 0. The summed E-state index contributed by atoms with van der Waals surface area (Å²) in [5.41, 5.74) is 0.823. The largest absolute Gasteiger partial charge is 0.394 e. The molecule has 0 aliphatic rings. The summed E-state index contributed by atoms with van der Waals surface area (Å²) < 4.78 is 0. The van der Waals surface area contributed by atoms with Crippen molar-refractivity contribution in [3.05, 3.63) is 35.9 Å².